The Labute approximate surface area is 55.8 Å². The molecule has 0 bridgehead atoms. The fraction of sp³-hybridized carbons (Fsp3) is 0. The third-order valence-corrected chi connectivity index (χ3v) is 0.218. The maximum Gasteiger partial charge on any atom is 1.00 e. The van der Waals surface area contributed by atoms with Gasteiger partial charge in [0.25, 0.3) is 0 Å². The summed E-state index contributed by atoms with van der Waals surface area (Å²) in [5.41, 5.74) is 0. The molecule has 0 aliphatic rings. The van der Waals surface area contributed by atoms with Crippen LogP contribution in [0, 0.1) is 0 Å². The summed E-state index contributed by atoms with van der Waals surface area (Å²) < 4.78 is 3.92. The molecule has 0 unspecified atom stereocenters. The van der Waals surface area contributed by atoms with E-state index in [1.807, 2.05) is 0 Å². The van der Waals surface area contributed by atoms with E-state index in [0.29, 0.717) is 0 Å². The van der Waals surface area contributed by atoms with E-state index < -0.39 is 7.32 Å². The third-order valence-electron chi connectivity index (χ3n) is 0.218. The molecule has 2 N–H and O–H groups in total. The summed E-state index contributed by atoms with van der Waals surface area (Å²) in [7, 11) is -1.72. The van der Waals surface area contributed by atoms with Gasteiger partial charge in [-0.25, -0.2) is 0 Å². The molecule has 7 heavy (non-hydrogen) atoms. The van der Waals surface area contributed by atoms with Gasteiger partial charge in [-0.15, -0.1) is 0 Å². The second-order valence-electron chi connectivity index (χ2n) is 0.629. The molecule has 36 valence electrons. The van der Waals surface area contributed by atoms with Gasteiger partial charge < -0.3 is 16.1 Å². The van der Waals surface area contributed by atoms with Gasteiger partial charge in [0.1, 0.15) is 0 Å². The van der Waals surface area contributed by atoms with Crippen molar-refractivity contribution in [3.05, 3.63) is 12.8 Å². The van der Waals surface area contributed by atoms with E-state index >= 15 is 0 Å². The number of hydrogen-bond acceptors (Lipinski definition) is 3. The van der Waals surface area contributed by atoms with E-state index in [2.05, 4.69) is 11.2 Å². The smallest absolute Gasteiger partial charge is 1.00 e. The summed E-state index contributed by atoms with van der Waals surface area (Å²) in [6, 6.07) is 0. The molecule has 0 aliphatic carbocycles. The van der Waals surface area contributed by atoms with Crippen LogP contribution in [0.4, 0.5) is 0 Å². The molecular formula is C2H6BLiO3. The van der Waals surface area contributed by atoms with Crippen molar-refractivity contribution in [1.29, 1.82) is 0 Å². The first-order valence-corrected chi connectivity index (χ1v) is 1.40. The Kier molecular flexibility index (Phi) is 8.90. The molecule has 0 saturated carbocycles. The van der Waals surface area contributed by atoms with Crippen molar-refractivity contribution in [3.63, 3.8) is 0 Å². The molecule has 0 aromatic rings. The minimum Gasteiger partial charge on any atom is -1.00 e. The van der Waals surface area contributed by atoms with Crippen molar-refractivity contribution in [2.45, 2.75) is 0 Å². The third kappa shape index (κ3) is 10.7. The molecule has 0 fully saturated rings. The summed E-state index contributed by atoms with van der Waals surface area (Å²) in [5, 5.41) is 15.6. The maximum atomic E-state index is 7.81. The second kappa shape index (κ2) is 6.12. The van der Waals surface area contributed by atoms with E-state index in [1.165, 1.54) is 0 Å². The summed E-state index contributed by atoms with van der Waals surface area (Å²) in [4.78, 5) is 0. The molecule has 5 heteroatoms. The second-order valence-corrected chi connectivity index (χ2v) is 0.629. The van der Waals surface area contributed by atoms with Gasteiger partial charge in [-0.3, -0.25) is 0 Å². The summed E-state index contributed by atoms with van der Waals surface area (Å²) in [6.45, 7) is 3.06. The molecule has 0 amide bonds. The molecule has 0 saturated heterocycles. The van der Waals surface area contributed by atoms with E-state index in [1.54, 1.807) is 0 Å². The van der Waals surface area contributed by atoms with Crippen molar-refractivity contribution in [3.8, 4) is 0 Å². The maximum absolute atomic E-state index is 7.81. The van der Waals surface area contributed by atoms with Gasteiger partial charge in [0.15, 0.2) is 0 Å². The SMILES string of the molecule is C=COB(O)O.[H-].[Li+]. The molecule has 0 aliphatic heterocycles. The molecule has 0 heterocycles. The fourth-order valence-corrected chi connectivity index (χ4v) is 0.0861. The minimum absolute atomic E-state index is 0. The van der Waals surface area contributed by atoms with Gasteiger partial charge in [-0.05, 0) is 0 Å². The van der Waals surface area contributed by atoms with Gasteiger partial charge in [-0.1, -0.05) is 6.58 Å². The molecule has 3 nitrogen and oxygen atoms in total. The van der Waals surface area contributed by atoms with E-state index in [9.17, 15) is 0 Å². The molecular weight excluding hydrogens is 89.8 g/mol. The van der Waals surface area contributed by atoms with Crippen LogP contribution in [-0.2, 0) is 4.65 Å². The van der Waals surface area contributed by atoms with Crippen molar-refractivity contribution in [2.24, 2.45) is 0 Å². The zero-order valence-electron chi connectivity index (χ0n) is 5.16. The molecule has 0 aromatic heterocycles. The molecule has 0 aromatic carbocycles. The monoisotopic (exact) mass is 96.1 g/mol. The van der Waals surface area contributed by atoms with Crippen LogP contribution in [0.2, 0.25) is 0 Å². The fourth-order valence-electron chi connectivity index (χ4n) is 0.0861. The van der Waals surface area contributed by atoms with Crippen LogP contribution in [0.5, 0.6) is 0 Å². The topological polar surface area (TPSA) is 49.7 Å². The van der Waals surface area contributed by atoms with E-state index in [0.717, 1.165) is 6.26 Å². The minimum atomic E-state index is -1.72. The van der Waals surface area contributed by atoms with Crippen molar-refractivity contribution >= 4 is 7.32 Å². The first-order valence-electron chi connectivity index (χ1n) is 1.40. The van der Waals surface area contributed by atoms with Crippen molar-refractivity contribution in [2.75, 3.05) is 0 Å². The molecule has 0 atom stereocenters. The van der Waals surface area contributed by atoms with E-state index in [-0.39, 0.29) is 20.3 Å². The Bertz CT molecular complexity index is 52.5. The van der Waals surface area contributed by atoms with Crippen LogP contribution in [0.15, 0.2) is 12.8 Å². The van der Waals surface area contributed by atoms with Crippen LogP contribution < -0.4 is 18.9 Å². The van der Waals surface area contributed by atoms with Gasteiger partial charge in [-0.2, -0.15) is 0 Å². The standard InChI is InChI=1S/C2H5BO3.Li.H/c1-2-6-3(4)5;;/h2,4-5H,1H2;;/q;+1;-1. The Morgan fingerprint density at radius 1 is 1.71 bits per heavy atom. The summed E-state index contributed by atoms with van der Waals surface area (Å²) in [5.74, 6) is 0. The Morgan fingerprint density at radius 3 is 2.14 bits per heavy atom. The molecule has 0 rings (SSSR count). The van der Waals surface area contributed by atoms with Crippen LogP contribution in [0.25, 0.3) is 0 Å². The predicted molar refractivity (Wildman–Crippen MR) is 22.6 cm³/mol. The quantitative estimate of drug-likeness (QED) is 0.274. The Morgan fingerprint density at radius 2 is 2.14 bits per heavy atom. The largest absolute Gasteiger partial charge is 1.00 e. The molecule has 0 radical (unpaired) electrons. The predicted octanol–water partition coefficient (Wildman–Crippen LogP) is -3.77. The normalized spacial score (nSPS) is 6.00. The van der Waals surface area contributed by atoms with Crippen LogP contribution in [0.3, 0.4) is 0 Å². The average molecular weight is 95.8 g/mol. The number of rotatable bonds is 2. The first kappa shape index (κ1) is 10.2. The summed E-state index contributed by atoms with van der Waals surface area (Å²) >= 11 is 0. The Hall–Kier alpha value is 0.122. The van der Waals surface area contributed by atoms with Crippen LogP contribution in [-0.4, -0.2) is 17.4 Å². The van der Waals surface area contributed by atoms with Gasteiger partial charge in [0.05, 0.1) is 6.26 Å². The Balaban J connectivity index is -0.000000125. The van der Waals surface area contributed by atoms with E-state index in [4.69, 9.17) is 10.0 Å². The van der Waals surface area contributed by atoms with Crippen molar-refractivity contribution in [1.82, 2.24) is 0 Å². The van der Waals surface area contributed by atoms with Gasteiger partial charge >= 0.3 is 26.2 Å². The zero-order valence-corrected chi connectivity index (χ0v) is 4.16. The average Bonchev–Trinajstić information content (AvgIpc) is 1.35. The number of hydrogen-bond donors (Lipinski definition) is 2. The first-order chi connectivity index (χ1) is 2.77. The van der Waals surface area contributed by atoms with Crippen LogP contribution >= 0.6 is 0 Å². The van der Waals surface area contributed by atoms with Crippen LogP contribution in [0.1, 0.15) is 1.43 Å². The van der Waals surface area contributed by atoms with Crippen molar-refractivity contribution < 1.29 is 35.0 Å². The zero-order chi connectivity index (χ0) is 4.99. The summed E-state index contributed by atoms with van der Waals surface area (Å²) in [6.07, 6.45) is 0.949. The molecule has 0 spiro atoms. The van der Waals surface area contributed by atoms with Gasteiger partial charge in [0.2, 0.25) is 0 Å². The van der Waals surface area contributed by atoms with Gasteiger partial charge in [0, 0.05) is 0 Å².